The number of carbonyl (C=O) groups is 1. The molecule has 0 saturated carbocycles. The van der Waals surface area contributed by atoms with Crippen LogP contribution in [0.2, 0.25) is 0 Å². The first-order valence-electron chi connectivity index (χ1n) is 5.65. The predicted octanol–water partition coefficient (Wildman–Crippen LogP) is 3.87. The van der Waals surface area contributed by atoms with Gasteiger partial charge in [0.1, 0.15) is 0 Å². The fraction of sp³-hybridized carbons (Fsp3) is 0.462. The Kier molecular flexibility index (Phi) is 7.33. The number of nitrogens with one attached hydrogen (secondary N) is 1. The van der Waals surface area contributed by atoms with E-state index < -0.39 is 0 Å². The van der Waals surface area contributed by atoms with Crippen molar-refractivity contribution in [1.82, 2.24) is 0 Å². The molecule has 0 fully saturated rings. The Morgan fingerprint density at radius 1 is 1.27 bits per heavy atom. The summed E-state index contributed by atoms with van der Waals surface area (Å²) in [5.74, 6) is 0.0983. The number of benzene rings is 1. The van der Waals surface area contributed by atoms with Crippen LogP contribution in [0.3, 0.4) is 0 Å². The molecule has 1 aromatic carbocycles. The molecule has 0 radical (unpaired) electrons. The highest BCUT2D eigenvalue weighted by atomic mass is 16.1. The Morgan fingerprint density at radius 3 is 2.33 bits per heavy atom. The summed E-state index contributed by atoms with van der Waals surface area (Å²) in [5.41, 5.74) is 2.07. The Bertz CT molecular complexity index is 273. The molecule has 0 aliphatic carbocycles. The van der Waals surface area contributed by atoms with Gasteiger partial charge in [0.25, 0.3) is 0 Å². The Labute approximate surface area is 94.2 Å². The normalized spacial score (nSPS) is 11.3. The van der Waals surface area contributed by atoms with Gasteiger partial charge < -0.3 is 5.32 Å². The van der Waals surface area contributed by atoms with Gasteiger partial charge in [-0.3, -0.25) is 4.79 Å². The van der Waals surface area contributed by atoms with Crippen LogP contribution in [-0.2, 0) is 11.2 Å². The average Bonchev–Trinajstić information content (AvgIpc) is 2.62. The number of para-hydroxylation sites is 1. The van der Waals surface area contributed by atoms with Crippen LogP contribution in [0.1, 0.15) is 41.1 Å². The second-order valence-corrected chi connectivity index (χ2v) is 3.09. The zero-order valence-corrected chi connectivity index (χ0v) is 10.1. The van der Waals surface area contributed by atoms with Crippen molar-refractivity contribution in [3.05, 3.63) is 29.8 Å². The topological polar surface area (TPSA) is 29.1 Å². The van der Waals surface area contributed by atoms with Crippen molar-refractivity contribution >= 4 is 11.6 Å². The second kappa shape index (κ2) is 8.04. The first-order chi connectivity index (χ1) is 7.27. The van der Waals surface area contributed by atoms with Gasteiger partial charge in [0.2, 0.25) is 5.91 Å². The van der Waals surface area contributed by atoms with E-state index in [0.717, 1.165) is 11.3 Å². The monoisotopic (exact) mass is 209 g/mol. The Hall–Kier alpha value is -1.31. The maximum Gasteiger partial charge on any atom is 0.228 e. The van der Waals surface area contributed by atoms with Crippen molar-refractivity contribution in [3.8, 4) is 0 Å². The van der Waals surface area contributed by atoms with Gasteiger partial charge in [-0.05, 0) is 11.6 Å². The molecular formula is C13H23NO. The van der Waals surface area contributed by atoms with Gasteiger partial charge in [0.15, 0.2) is 0 Å². The minimum atomic E-state index is 0. The smallest absolute Gasteiger partial charge is 0.228 e. The van der Waals surface area contributed by atoms with E-state index in [9.17, 15) is 4.79 Å². The number of anilines is 1. The van der Waals surface area contributed by atoms with E-state index >= 15 is 0 Å². The SMILES string of the molecule is CC.CCC.O=C1Cc2ccccc2N1.[HH]. The molecule has 0 bridgehead atoms. The second-order valence-electron chi connectivity index (χ2n) is 3.09. The minimum absolute atomic E-state index is 0. The molecule has 86 valence electrons. The summed E-state index contributed by atoms with van der Waals surface area (Å²) in [6.45, 7) is 8.25. The summed E-state index contributed by atoms with van der Waals surface area (Å²) < 4.78 is 0. The molecule has 0 unspecified atom stereocenters. The highest BCUT2D eigenvalue weighted by Crippen LogP contribution is 2.20. The van der Waals surface area contributed by atoms with Crippen LogP contribution in [0.5, 0.6) is 0 Å². The molecule has 0 saturated heterocycles. The van der Waals surface area contributed by atoms with Gasteiger partial charge >= 0.3 is 0 Å². The molecule has 1 N–H and O–H groups in total. The van der Waals surface area contributed by atoms with Crippen molar-refractivity contribution in [1.29, 1.82) is 0 Å². The van der Waals surface area contributed by atoms with E-state index in [4.69, 9.17) is 0 Å². The molecule has 2 heteroatoms. The molecular weight excluding hydrogens is 186 g/mol. The summed E-state index contributed by atoms with van der Waals surface area (Å²) >= 11 is 0. The summed E-state index contributed by atoms with van der Waals surface area (Å²) in [7, 11) is 0. The van der Waals surface area contributed by atoms with Crippen LogP contribution in [0.25, 0.3) is 0 Å². The van der Waals surface area contributed by atoms with Crippen LogP contribution in [0.4, 0.5) is 5.69 Å². The molecule has 2 rings (SSSR count). The quantitative estimate of drug-likeness (QED) is 0.690. The number of amides is 1. The summed E-state index contributed by atoms with van der Waals surface area (Å²) in [5, 5.41) is 2.76. The first kappa shape index (κ1) is 13.7. The summed E-state index contributed by atoms with van der Waals surface area (Å²) in [6.07, 6.45) is 1.79. The largest absolute Gasteiger partial charge is 0.326 e. The zero-order chi connectivity index (χ0) is 11.7. The third-order valence-electron chi connectivity index (χ3n) is 1.64. The van der Waals surface area contributed by atoms with Gasteiger partial charge in [0.05, 0.1) is 6.42 Å². The van der Waals surface area contributed by atoms with Crippen LogP contribution >= 0.6 is 0 Å². The van der Waals surface area contributed by atoms with E-state index in [1.54, 1.807) is 0 Å². The number of fused-ring (bicyclic) bond motifs is 1. The third-order valence-corrected chi connectivity index (χ3v) is 1.64. The van der Waals surface area contributed by atoms with Crippen molar-refractivity contribution < 1.29 is 6.22 Å². The summed E-state index contributed by atoms with van der Waals surface area (Å²) in [6, 6.07) is 7.75. The fourth-order valence-corrected chi connectivity index (χ4v) is 1.16. The molecule has 1 aliphatic rings. The number of hydrogen-bond donors (Lipinski definition) is 1. The molecule has 1 amide bonds. The van der Waals surface area contributed by atoms with Gasteiger partial charge in [-0.2, -0.15) is 0 Å². The molecule has 0 spiro atoms. The Morgan fingerprint density at radius 2 is 1.80 bits per heavy atom. The fourth-order valence-electron chi connectivity index (χ4n) is 1.16. The third kappa shape index (κ3) is 4.63. The average molecular weight is 209 g/mol. The maximum atomic E-state index is 10.8. The standard InChI is InChI=1S/C8H7NO.C3H8.C2H6.H2/c10-8-5-6-3-1-2-4-7(6)9-8;1-3-2;1-2;/h1-4H,5H2,(H,9,10);3H2,1-2H3;1-2H3;1H. The number of carbonyl (C=O) groups excluding carboxylic acids is 1. The number of rotatable bonds is 0. The van der Waals surface area contributed by atoms with Crippen molar-refractivity contribution in [3.63, 3.8) is 0 Å². The molecule has 0 atom stereocenters. The Balaban J connectivity index is 0. The van der Waals surface area contributed by atoms with Crippen LogP contribution in [-0.4, -0.2) is 5.91 Å². The van der Waals surface area contributed by atoms with Crippen LogP contribution < -0.4 is 5.32 Å². The van der Waals surface area contributed by atoms with Crippen molar-refractivity contribution in [2.75, 3.05) is 5.32 Å². The van der Waals surface area contributed by atoms with E-state index in [-0.39, 0.29) is 7.33 Å². The zero-order valence-electron chi connectivity index (χ0n) is 10.1. The van der Waals surface area contributed by atoms with E-state index in [1.807, 2.05) is 38.1 Å². The molecule has 1 heterocycles. The molecule has 1 aromatic rings. The number of hydrogen-bond acceptors (Lipinski definition) is 1. The lowest BCUT2D eigenvalue weighted by Crippen LogP contribution is -2.03. The first-order valence-corrected chi connectivity index (χ1v) is 5.65. The molecule has 15 heavy (non-hydrogen) atoms. The maximum absolute atomic E-state index is 10.8. The van der Waals surface area contributed by atoms with E-state index in [1.165, 1.54) is 6.42 Å². The van der Waals surface area contributed by atoms with Gasteiger partial charge in [0, 0.05) is 7.11 Å². The van der Waals surface area contributed by atoms with Crippen LogP contribution in [0.15, 0.2) is 24.3 Å². The van der Waals surface area contributed by atoms with E-state index in [2.05, 4.69) is 19.2 Å². The lowest BCUT2D eigenvalue weighted by molar-refractivity contribution is -0.115. The van der Waals surface area contributed by atoms with Gasteiger partial charge in [-0.15, -0.1) is 0 Å². The van der Waals surface area contributed by atoms with E-state index in [0.29, 0.717) is 6.42 Å². The molecule has 2 nitrogen and oxygen atoms in total. The highest BCUT2D eigenvalue weighted by molar-refractivity contribution is 5.98. The summed E-state index contributed by atoms with van der Waals surface area (Å²) in [4.78, 5) is 10.8. The van der Waals surface area contributed by atoms with Crippen molar-refractivity contribution in [2.24, 2.45) is 0 Å². The minimum Gasteiger partial charge on any atom is -0.326 e. The van der Waals surface area contributed by atoms with Gasteiger partial charge in [-0.25, -0.2) is 0 Å². The molecule has 1 aliphatic heterocycles. The lowest BCUT2D eigenvalue weighted by Gasteiger charge is -1.93. The highest BCUT2D eigenvalue weighted by Gasteiger charge is 2.15. The lowest BCUT2D eigenvalue weighted by atomic mass is 10.2. The molecule has 0 aromatic heterocycles. The van der Waals surface area contributed by atoms with Gasteiger partial charge in [-0.1, -0.05) is 52.3 Å². The van der Waals surface area contributed by atoms with Crippen molar-refractivity contribution in [2.45, 2.75) is 40.5 Å². The van der Waals surface area contributed by atoms with Crippen LogP contribution in [0, 0.1) is 0 Å². The predicted molar refractivity (Wildman–Crippen MR) is 68.2 cm³/mol.